The SMILES string of the molecule is COc1cc(OC)c(Br)c(-n2c(C(C)N(C)C(=O)Nc3cccc(Cl)c3Cl)nc3ccccc3c2=O)c1. The number of aromatic nitrogens is 2. The molecule has 37 heavy (non-hydrogen) atoms. The van der Waals surface area contributed by atoms with Crippen LogP contribution < -0.4 is 20.3 Å². The van der Waals surface area contributed by atoms with Gasteiger partial charge in [0.25, 0.3) is 5.56 Å². The molecule has 1 atom stereocenters. The van der Waals surface area contributed by atoms with Crippen LogP contribution in [0.1, 0.15) is 18.8 Å². The molecule has 0 bridgehead atoms. The van der Waals surface area contributed by atoms with Crippen LogP contribution in [-0.2, 0) is 0 Å². The van der Waals surface area contributed by atoms with E-state index in [-0.39, 0.29) is 10.6 Å². The predicted octanol–water partition coefficient (Wildman–Crippen LogP) is 6.70. The predicted molar refractivity (Wildman–Crippen MR) is 150 cm³/mol. The van der Waals surface area contributed by atoms with Crippen molar-refractivity contribution in [3.63, 3.8) is 0 Å². The lowest BCUT2D eigenvalue weighted by molar-refractivity contribution is 0.205. The second-order valence-electron chi connectivity index (χ2n) is 8.11. The van der Waals surface area contributed by atoms with Crippen molar-refractivity contribution < 1.29 is 14.3 Å². The van der Waals surface area contributed by atoms with Crippen molar-refractivity contribution in [1.82, 2.24) is 14.5 Å². The summed E-state index contributed by atoms with van der Waals surface area (Å²) in [5.74, 6) is 1.28. The molecule has 0 radical (unpaired) electrons. The fourth-order valence-corrected chi connectivity index (χ4v) is 4.72. The molecule has 0 aliphatic heterocycles. The molecule has 1 N–H and O–H groups in total. The molecule has 0 saturated heterocycles. The van der Waals surface area contributed by atoms with Gasteiger partial charge in [0.15, 0.2) is 0 Å². The number of nitrogens with zero attached hydrogens (tertiary/aromatic N) is 3. The number of carbonyl (C=O) groups excluding carboxylic acids is 1. The molecule has 1 aromatic heterocycles. The average molecular weight is 606 g/mol. The van der Waals surface area contributed by atoms with Crippen LogP contribution in [0.15, 0.2) is 63.9 Å². The number of ether oxygens (including phenoxy) is 2. The zero-order valence-corrected chi connectivity index (χ0v) is 23.5. The maximum Gasteiger partial charge on any atom is 0.322 e. The molecule has 0 spiro atoms. The fraction of sp³-hybridized carbons (Fsp3) is 0.192. The molecule has 11 heteroatoms. The number of amides is 2. The van der Waals surface area contributed by atoms with E-state index in [1.807, 2.05) is 0 Å². The van der Waals surface area contributed by atoms with E-state index >= 15 is 0 Å². The minimum atomic E-state index is -0.653. The molecule has 192 valence electrons. The van der Waals surface area contributed by atoms with Crippen LogP contribution in [0.2, 0.25) is 10.0 Å². The number of para-hydroxylation sites is 1. The maximum absolute atomic E-state index is 13.8. The van der Waals surface area contributed by atoms with Gasteiger partial charge in [-0.15, -0.1) is 0 Å². The molecular formula is C26H23BrCl2N4O4. The number of hydrogen-bond donors (Lipinski definition) is 1. The summed E-state index contributed by atoms with van der Waals surface area (Å²) in [6.07, 6.45) is 0. The van der Waals surface area contributed by atoms with Crippen LogP contribution in [0, 0.1) is 0 Å². The van der Waals surface area contributed by atoms with E-state index in [1.165, 1.54) is 23.7 Å². The highest BCUT2D eigenvalue weighted by Crippen LogP contribution is 2.37. The second kappa shape index (κ2) is 11.0. The molecule has 2 amide bonds. The van der Waals surface area contributed by atoms with E-state index < -0.39 is 12.1 Å². The maximum atomic E-state index is 13.8. The van der Waals surface area contributed by atoms with Gasteiger partial charge in [0.1, 0.15) is 17.3 Å². The number of nitrogens with one attached hydrogen (secondary N) is 1. The van der Waals surface area contributed by atoms with E-state index in [0.29, 0.717) is 49.1 Å². The van der Waals surface area contributed by atoms with E-state index in [0.717, 1.165) is 0 Å². The highest BCUT2D eigenvalue weighted by molar-refractivity contribution is 9.10. The zero-order valence-electron chi connectivity index (χ0n) is 20.4. The van der Waals surface area contributed by atoms with Crippen LogP contribution in [0.3, 0.4) is 0 Å². The highest BCUT2D eigenvalue weighted by Gasteiger charge is 2.26. The summed E-state index contributed by atoms with van der Waals surface area (Å²) in [6.45, 7) is 1.78. The Balaban J connectivity index is 1.87. The molecule has 0 aliphatic rings. The van der Waals surface area contributed by atoms with Gasteiger partial charge in [-0.3, -0.25) is 9.36 Å². The van der Waals surface area contributed by atoms with E-state index in [2.05, 4.69) is 21.2 Å². The van der Waals surface area contributed by atoms with E-state index in [9.17, 15) is 9.59 Å². The van der Waals surface area contributed by atoms with Gasteiger partial charge in [0.05, 0.1) is 57.1 Å². The summed E-state index contributed by atoms with van der Waals surface area (Å²) in [4.78, 5) is 33.3. The van der Waals surface area contributed by atoms with Gasteiger partial charge in [-0.05, 0) is 47.1 Å². The molecular weight excluding hydrogens is 583 g/mol. The van der Waals surface area contributed by atoms with Crippen molar-refractivity contribution in [2.45, 2.75) is 13.0 Å². The fourth-order valence-electron chi connectivity index (χ4n) is 3.80. The normalized spacial score (nSPS) is 11.8. The highest BCUT2D eigenvalue weighted by atomic mass is 79.9. The quantitative estimate of drug-likeness (QED) is 0.264. The molecule has 8 nitrogen and oxygen atoms in total. The minimum Gasteiger partial charge on any atom is -0.497 e. The summed E-state index contributed by atoms with van der Waals surface area (Å²) in [5, 5.41) is 3.73. The number of methoxy groups -OCH3 is 2. The lowest BCUT2D eigenvalue weighted by Crippen LogP contribution is -2.37. The van der Waals surface area contributed by atoms with Gasteiger partial charge in [-0.25, -0.2) is 9.78 Å². The van der Waals surface area contributed by atoms with Crippen LogP contribution >= 0.6 is 39.1 Å². The van der Waals surface area contributed by atoms with Gasteiger partial charge in [0.2, 0.25) is 0 Å². The Morgan fingerprint density at radius 2 is 1.84 bits per heavy atom. The number of halogens is 3. The van der Waals surface area contributed by atoms with Gasteiger partial charge in [-0.2, -0.15) is 0 Å². The Morgan fingerprint density at radius 1 is 1.11 bits per heavy atom. The summed E-state index contributed by atoms with van der Waals surface area (Å²) in [6, 6.07) is 14.3. The van der Waals surface area contributed by atoms with Crippen molar-refractivity contribution in [3.05, 3.63) is 85.3 Å². The van der Waals surface area contributed by atoms with E-state index in [4.69, 9.17) is 37.7 Å². The van der Waals surface area contributed by atoms with Gasteiger partial charge >= 0.3 is 6.03 Å². The Hall–Kier alpha value is -3.27. The van der Waals surface area contributed by atoms with Crippen LogP contribution in [0.5, 0.6) is 11.5 Å². The van der Waals surface area contributed by atoms with Crippen LogP contribution in [0.4, 0.5) is 10.5 Å². The Labute approximate surface area is 231 Å². The third-order valence-electron chi connectivity index (χ3n) is 5.96. The summed E-state index contributed by atoms with van der Waals surface area (Å²) >= 11 is 15.9. The molecule has 0 saturated carbocycles. The first-order valence-electron chi connectivity index (χ1n) is 11.1. The van der Waals surface area contributed by atoms with Crippen LogP contribution in [-0.4, -0.2) is 41.7 Å². The molecule has 1 heterocycles. The monoisotopic (exact) mass is 604 g/mol. The number of benzene rings is 3. The number of urea groups is 1. The first-order chi connectivity index (χ1) is 17.7. The second-order valence-corrected chi connectivity index (χ2v) is 9.69. The Morgan fingerprint density at radius 3 is 2.54 bits per heavy atom. The first kappa shape index (κ1) is 26.8. The smallest absolute Gasteiger partial charge is 0.322 e. The topological polar surface area (TPSA) is 85.7 Å². The molecule has 0 fully saturated rings. The summed E-state index contributed by atoms with van der Waals surface area (Å²) < 4.78 is 12.9. The summed E-state index contributed by atoms with van der Waals surface area (Å²) in [7, 11) is 4.65. The van der Waals surface area contributed by atoms with Crippen molar-refractivity contribution in [2.24, 2.45) is 0 Å². The van der Waals surface area contributed by atoms with Gasteiger partial charge in [-0.1, -0.05) is 41.4 Å². The molecule has 4 rings (SSSR count). The number of anilines is 1. The van der Waals surface area contributed by atoms with Crippen molar-refractivity contribution in [2.75, 3.05) is 26.6 Å². The first-order valence-corrected chi connectivity index (χ1v) is 12.6. The molecule has 4 aromatic rings. The lowest BCUT2D eigenvalue weighted by Gasteiger charge is -2.28. The van der Waals surface area contributed by atoms with Crippen molar-refractivity contribution >= 4 is 61.8 Å². The third-order valence-corrected chi connectivity index (χ3v) is 7.58. The largest absolute Gasteiger partial charge is 0.497 e. The molecule has 0 aliphatic carbocycles. The van der Waals surface area contributed by atoms with Crippen LogP contribution in [0.25, 0.3) is 16.6 Å². The number of carbonyl (C=O) groups is 1. The van der Waals surface area contributed by atoms with E-state index in [1.54, 1.807) is 68.6 Å². The standard InChI is InChI=1S/C26H23BrCl2N4O4/c1-14(32(2)26(35)31-19-11-7-9-17(28)23(19)29)24-30-18-10-6-5-8-16(18)25(34)33(24)20-12-15(36-3)13-21(37-4)22(20)27/h5-14H,1-4H3,(H,31,35). The van der Waals surface area contributed by atoms with Crippen molar-refractivity contribution in [3.8, 4) is 17.2 Å². The minimum absolute atomic E-state index is 0.228. The lowest BCUT2D eigenvalue weighted by atomic mass is 10.2. The number of rotatable bonds is 6. The summed E-state index contributed by atoms with van der Waals surface area (Å²) in [5.41, 5.74) is 1.01. The van der Waals surface area contributed by atoms with Crippen molar-refractivity contribution in [1.29, 1.82) is 0 Å². The van der Waals surface area contributed by atoms with Gasteiger partial charge < -0.3 is 19.7 Å². The zero-order chi connectivity index (χ0) is 26.9. The average Bonchev–Trinajstić information content (AvgIpc) is 2.90. The molecule has 1 unspecified atom stereocenters. The molecule has 3 aromatic carbocycles. The number of hydrogen-bond acceptors (Lipinski definition) is 5. The Kier molecular flexibility index (Phi) is 7.96. The number of fused-ring (bicyclic) bond motifs is 1. The third kappa shape index (κ3) is 5.12. The Bertz CT molecular complexity index is 1560. The van der Waals surface area contributed by atoms with Gasteiger partial charge in [0, 0.05) is 19.2 Å².